The van der Waals surface area contributed by atoms with E-state index in [1.807, 2.05) is 25.1 Å². The number of hydrogen-bond donors (Lipinski definition) is 1. The fourth-order valence-corrected chi connectivity index (χ4v) is 2.26. The zero-order chi connectivity index (χ0) is 11.8. The summed E-state index contributed by atoms with van der Waals surface area (Å²) in [6, 6.07) is 5.99. The van der Waals surface area contributed by atoms with Crippen molar-refractivity contribution in [1.82, 2.24) is 15.0 Å². The van der Waals surface area contributed by atoms with Gasteiger partial charge < -0.3 is 5.73 Å². The standard InChI is InChI=1S/C12H10N4S/c1-7-2-3-9-8(4-7)11(13)16-12(15-9)10-5-14-6-17-10/h2-6H,1H3,(H2,13,15,16). The van der Waals surface area contributed by atoms with Gasteiger partial charge in [0.1, 0.15) is 5.82 Å². The van der Waals surface area contributed by atoms with E-state index in [0.29, 0.717) is 11.6 Å². The van der Waals surface area contributed by atoms with Crippen LogP contribution in [0.4, 0.5) is 5.82 Å². The minimum absolute atomic E-state index is 0.516. The summed E-state index contributed by atoms with van der Waals surface area (Å²) in [5.74, 6) is 1.16. The lowest BCUT2D eigenvalue weighted by Gasteiger charge is -2.04. The van der Waals surface area contributed by atoms with Crippen LogP contribution < -0.4 is 5.73 Å². The number of thiazole rings is 1. The molecule has 0 aliphatic carbocycles. The lowest BCUT2D eigenvalue weighted by atomic mass is 10.1. The Hall–Kier alpha value is -2.01. The van der Waals surface area contributed by atoms with E-state index in [9.17, 15) is 0 Å². The van der Waals surface area contributed by atoms with Gasteiger partial charge in [-0.15, -0.1) is 11.3 Å². The molecule has 17 heavy (non-hydrogen) atoms. The predicted molar refractivity (Wildman–Crippen MR) is 69.8 cm³/mol. The van der Waals surface area contributed by atoms with Crippen molar-refractivity contribution in [3.8, 4) is 10.7 Å². The number of nitrogens with two attached hydrogens (primary N) is 1. The van der Waals surface area contributed by atoms with E-state index in [2.05, 4.69) is 15.0 Å². The highest BCUT2D eigenvalue weighted by Gasteiger charge is 2.08. The molecule has 2 aromatic heterocycles. The number of aromatic nitrogens is 3. The predicted octanol–water partition coefficient (Wildman–Crippen LogP) is 2.64. The summed E-state index contributed by atoms with van der Waals surface area (Å²) in [4.78, 5) is 13.8. The Balaban J connectivity index is 2.28. The Labute approximate surface area is 102 Å². The highest BCUT2D eigenvalue weighted by Crippen LogP contribution is 2.25. The van der Waals surface area contributed by atoms with Crippen molar-refractivity contribution in [3.05, 3.63) is 35.5 Å². The molecule has 0 aliphatic heterocycles. The maximum atomic E-state index is 5.97. The number of fused-ring (bicyclic) bond motifs is 1. The minimum atomic E-state index is 0.516. The van der Waals surface area contributed by atoms with Crippen LogP contribution in [0.15, 0.2) is 29.9 Å². The molecule has 0 saturated carbocycles. The van der Waals surface area contributed by atoms with E-state index in [4.69, 9.17) is 5.73 Å². The summed E-state index contributed by atoms with van der Waals surface area (Å²) in [7, 11) is 0. The van der Waals surface area contributed by atoms with Crippen LogP contribution in [0.3, 0.4) is 0 Å². The van der Waals surface area contributed by atoms with Gasteiger partial charge in [0.25, 0.3) is 0 Å². The number of anilines is 1. The summed E-state index contributed by atoms with van der Waals surface area (Å²) in [6.07, 6.45) is 1.75. The van der Waals surface area contributed by atoms with Crippen molar-refractivity contribution in [2.24, 2.45) is 0 Å². The van der Waals surface area contributed by atoms with Crippen LogP contribution in [0.25, 0.3) is 21.6 Å². The Morgan fingerprint density at radius 1 is 1.24 bits per heavy atom. The normalized spacial score (nSPS) is 10.9. The molecule has 4 nitrogen and oxygen atoms in total. The Kier molecular flexibility index (Phi) is 2.26. The van der Waals surface area contributed by atoms with Gasteiger partial charge in [-0.05, 0) is 19.1 Å². The van der Waals surface area contributed by atoms with E-state index in [1.54, 1.807) is 11.7 Å². The molecule has 0 saturated heterocycles. The van der Waals surface area contributed by atoms with Crippen LogP contribution in [0.2, 0.25) is 0 Å². The minimum Gasteiger partial charge on any atom is -0.383 e. The van der Waals surface area contributed by atoms with Crippen molar-refractivity contribution >= 4 is 28.1 Å². The molecule has 0 radical (unpaired) electrons. The Morgan fingerprint density at radius 3 is 2.88 bits per heavy atom. The van der Waals surface area contributed by atoms with Crippen molar-refractivity contribution in [1.29, 1.82) is 0 Å². The molecule has 1 aromatic carbocycles. The van der Waals surface area contributed by atoms with Crippen LogP contribution in [0.1, 0.15) is 5.56 Å². The van der Waals surface area contributed by atoms with Crippen LogP contribution >= 0.6 is 11.3 Å². The van der Waals surface area contributed by atoms with E-state index in [-0.39, 0.29) is 0 Å². The highest BCUT2D eigenvalue weighted by atomic mass is 32.1. The lowest BCUT2D eigenvalue weighted by molar-refractivity contribution is 1.24. The van der Waals surface area contributed by atoms with Gasteiger partial charge in [0.05, 0.1) is 15.9 Å². The van der Waals surface area contributed by atoms with E-state index in [1.165, 1.54) is 11.3 Å². The van der Waals surface area contributed by atoms with Gasteiger partial charge in [-0.2, -0.15) is 0 Å². The van der Waals surface area contributed by atoms with Crippen LogP contribution in [-0.2, 0) is 0 Å². The van der Waals surface area contributed by atoms with Crippen LogP contribution in [0, 0.1) is 6.92 Å². The summed E-state index contributed by atoms with van der Waals surface area (Å²) >= 11 is 1.50. The third-order valence-electron chi connectivity index (χ3n) is 2.53. The highest BCUT2D eigenvalue weighted by molar-refractivity contribution is 7.13. The molecule has 2 N–H and O–H groups in total. The van der Waals surface area contributed by atoms with E-state index in [0.717, 1.165) is 21.3 Å². The second kappa shape index (κ2) is 3.78. The van der Waals surface area contributed by atoms with Gasteiger partial charge in [-0.25, -0.2) is 9.97 Å². The number of hydrogen-bond acceptors (Lipinski definition) is 5. The maximum Gasteiger partial charge on any atom is 0.173 e. The van der Waals surface area contributed by atoms with Crippen molar-refractivity contribution in [2.45, 2.75) is 6.92 Å². The molecule has 2 heterocycles. The van der Waals surface area contributed by atoms with Gasteiger partial charge >= 0.3 is 0 Å². The third kappa shape index (κ3) is 1.74. The smallest absolute Gasteiger partial charge is 0.173 e. The van der Waals surface area contributed by atoms with Crippen LogP contribution in [-0.4, -0.2) is 15.0 Å². The first-order valence-corrected chi connectivity index (χ1v) is 6.05. The fourth-order valence-electron chi connectivity index (χ4n) is 1.70. The Morgan fingerprint density at radius 2 is 2.12 bits per heavy atom. The number of nitrogen functional groups attached to an aromatic ring is 1. The zero-order valence-corrected chi connectivity index (χ0v) is 10.0. The van der Waals surface area contributed by atoms with E-state index >= 15 is 0 Å². The first kappa shape index (κ1) is 10.2. The topological polar surface area (TPSA) is 64.7 Å². The largest absolute Gasteiger partial charge is 0.383 e. The molecule has 0 amide bonds. The summed E-state index contributed by atoms with van der Waals surface area (Å²) in [5.41, 5.74) is 9.74. The second-order valence-corrected chi connectivity index (χ2v) is 4.71. The van der Waals surface area contributed by atoms with Crippen LogP contribution in [0.5, 0.6) is 0 Å². The second-order valence-electron chi connectivity index (χ2n) is 3.82. The molecule has 84 valence electrons. The summed E-state index contributed by atoms with van der Waals surface area (Å²) < 4.78 is 0. The van der Waals surface area contributed by atoms with E-state index < -0.39 is 0 Å². The van der Waals surface area contributed by atoms with Crippen molar-refractivity contribution in [3.63, 3.8) is 0 Å². The quantitative estimate of drug-likeness (QED) is 0.712. The SMILES string of the molecule is Cc1ccc2nc(-c3cncs3)nc(N)c2c1. The molecular weight excluding hydrogens is 232 g/mol. The van der Waals surface area contributed by atoms with Gasteiger partial charge in [0, 0.05) is 11.6 Å². The molecule has 0 fully saturated rings. The van der Waals surface area contributed by atoms with Gasteiger partial charge in [0.15, 0.2) is 5.82 Å². The first-order valence-electron chi connectivity index (χ1n) is 5.17. The van der Waals surface area contributed by atoms with Crippen molar-refractivity contribution < 1.29 is 0 Å². The van der Waals surface area contributed by atoms with Gasteiger partial charge in [-0.1, -0.05) is 11.6 Å². The molecule has 5 heteroatoms. The molecule has 0 spiro atoms. The van der Waals surface area contributed by atoms with Crippen molar-refractivity contribution in [2.75, 3.05) is 5.73 Å². The fraction of sp³-hybridized carbons (Fsp3) is 0.0833. The number of benzene rings is 1. The average Bonchev–Trinajstić information content (AvgIpc) is 2.83. The molecule has 3 aromatic rings. The molecule has 0 unspecified atom stereocenters. The van der Waals surface area contributed by atoms with Gasteiger partial charge in [0.2, 0.25) is 0 Å². The molecule has 0 atom stereocenters. The first-order chi connectivity index (χ1) is 8.24. The lowest BCUT2D eigenvalue weighted by Crippen LogP contribution is -1.97. The summed E-state index contributed by atoms with van der Waals surface area (Å²) in [5, 5.41) is 0.901. The number of aryl methyl sites for hydroxylation is 1. The monoisotopic (exact) mass is 242 g/mol. The third-order valence-corrected chi connectivity index (χ3v) is 3.30. The molecule has 0 aliphatic rings. The molecule has 3 rings (SSSR count). The summed E-state index contributed by atoms with van der Waals surface area (Å²) in [6.45, 7) is 2.02. The average molecular weight is 242 g/mol. The molecular formula is C12H10N4S. The zero-order valence-electron chi connectivity index (χ0n) is 9.21. The maximum absolute atomic E-state index is 5.97. The van der Waals surface area contributed by atoms with Gasteiger partial charge in [-0.3, -0.25) is 4.98 Å². The molecule has 0 bridgehead atoms. The number of nitrogens with zero attached hydrogens (tertiary/aromatic N) is 3. The Bertz CT molecular complexity index is 676. The number of rotatable bonds is 1.